The Bertz CT molecular complexity index is 682. The molecule has 0 radical (unpaired) electrons. The lowest BCUT2D eigenvalue weighted by Crippen LogP contribution is -2.33. The van der Waals surface area contributed by atoms with Crippen LogP contribution in [0.4, 0.5) is 0 Å². The highest BCUT2D eigenvalue weighted by molar-refractivity contribution is 7.89. The third-order valence-corrected chi connectivity index (χ3v) is 5.30. The van der Waals surface area contributed by atoms with Crippen LogP contribution in [-0.4, -0.2) is 46.7 Å². The van der Waals surface area contributed by atoms with Gasteiger partial charge in [0.05, 0.1) is 13.2 Å². The predicted octanol–water partition coefficient (Wildman–Crippen LogP) is 1.29. The molecule has 1 saturated heterocycles. The third-order valence-electron chi connectivity index (χ3n) is 3.62. The van der Waals surface area contributed by atoms with Gasteiger partial charge in [0, 0.05) is 24.8 Å². The fraction of sp³-hybridized carbons (Fsp3) is 0.562. The maximum Gasteiger partial charge on any atom is 0.251 e. The Hall–Kier alpha value is -1.64. The van der Waals surface area contributed by atoms with Crippen molar-refractivity contribution in [3.05, 3.63) is 23.8 Å². The Morgan fingerprint density at radius 3 is 2.75 bits per heavy atom. The number of hydrogen-bond donors (Lipinski definition) is 2. The van der Waals surface area contributed by atoms with Crippen molar-refractivity contribution in [2.75, 3.05) is 20.3 Å². The first kappa shape index (κ1) is 18.7. The van der Waals surface area contributed by atoms with Crippen LogP contribution in [0.2, 0.25) is 0 Å². The Morgan fingerprint density at radius 2 is 2.17 bits per heavy atom. The number of hydrogen-bond acceptors (Lipinski definition) is 5. The molecule has 1 aliphatic heterocycles. The Balaban J connectivity index is 2.19. The van der Waals surface area contributed by atoms with Crippen molar-refractivity contribution in [1.82, 2.24) is 10.0 Å². The summed E-state index contributed by atoms with van der Waals surface area (Å²) in [4.78, 5) is 12.2. The van der Waals surface area contributed by atoms with E-state index < -0.39 is 10.0 Å². The monoisotopic (exact) mass is 356 g/mol. The van der Waals surface area contributed by atoms with E-state index in [1.54, 1.807) is 13.8 Å². The first-order valence-corrected chi connectivity index (χ1v) is 9.42. The van der Waals surface area contributed by atoms with Crippen LogP contribution in [0.3, 0.4) is 0 Å². The van der Waals surface area contributed by atoms with Crippen molar-refractivity contribution in [2.24, 2.45) is 0 Å². The minimum absolute atomic E-state index is 0.0259. The van der Waals surface area contributed by atoms with E-state index >= 15 is 0 Å². The van der Waals surface area contributed by atoms with Crippen molar-refractivity contribution in [1.29, 1.82) is 0 Å². The Morgan fingerprint density at radius 1 is 1.42 bits per heavy atom. The molecule has 134 valence electrons. The molecule has 1 aromatic carbocycles. The zero-order valence-electron chi connectivity index (χ0n) is 14.2. The zero-order valence-corrected chi connectivity index (χ0v) is 15.0. The second kappa shape index (κ2) is 7.96. The molecule has 1 atom stereocenters. The molecule has 0 spiro atoms. The van der Waals surface area contributed by atoms with Crippen LogP contribution in [0.25, 0.3) is 0 Å². The summed E-state index contributed by atoms with van der Waals surface area (Å²) >= 11 is 0. The highest BCUT2D eigenvalue weighted by atomic mass is 32.2. The molecule has 8 heteroatoms. The smallest absolute Gasteiger partial charge is 0.251 e. The largest absolute Gasteiger partial charge is 0.495 e. The quantitative estimate of drug-likeness (QED) is 0.768. The van der Waals surface area contributed by atoms with Crippen molar-refractivity contribution in [2.45, 2.75) is 43.7 Å². The van der Waals surface area contributed by atoms with Gasteiger partial charge in [-0.1, -0.05) is 0 Å². The van der Waals surface area contributed by atoms with Gasteiger partial charge in [-0.05, 0) is 44.9 Å². The summed E-state index contributed by atoms with van der Waals surface area (Å²) in [7, 11) is -2.38. The number of methoxy groups -OCH3 is 1. The van der Waals surface area contributed by atoms with Gasteiger partial charge in [0.2, 0.25) is 10.0 Å². The second-order valence-electron chi connectivity index (χ2n) is 5.99. The Labute approximate surface area is 142 Å². The minimum atomic E-state index is -3.77. The normalized spacial score (nSPS) is 17.9. The maximum atomic E-state index is 12.4. The highest BCUT2D eigenvalue weighted by Crippen LogP contribution is 2.25. The van der Waals surface area contributed by atoms with Crippen LogP contribution in [0, 0.1) is 0 Å². The van der Waals surface area contributed by atoms with Crippen molar-refractivity contribution in [3.63, 3.8) is 0 Å². The zero-order chi connectivity index (χ0) is 17.7. The molecule has 1 heterocycles. The minimum Gasteiger partial charge on any atom is -0.495 e. The average molecular weight is 356 g/mol. The van der Waals surface area contributed by atoms with E-state index in [9.17, 15) is 13.2 Å². The first-order valence-electron chi connectivity index (χ1n) is 7.93. The van der Waals surface area contributed by atoms with Crippen molar-refractivity contribution < 1.29 is 22.7 Å². The van der Waals surface area contributed by atoms with Gasteiger partial charge in [-0.25, -0.2) is 13.1 Å². The van der Waals surface area contributed by atoms with E-state index in [4.69, 9.17) is 9.47 Å². The molecule has 0 unspecified atom stereocenters. The van der Waals surface area contributed by atoms with E-state index in [0.717, 1.165) is 12.8 Å². The third kappa shape index (κ3) is 4.68. The van der Waals surface area contributed by atoms with Gasteiger partial charge >= 0.3 is 0 Å². The SMILES string of the molecule is COc1ccc(C(=O)NC[C@H]2CCCO2)cc1S(=O)(=O)NC(C)C. The number of sulfonamides is 1. The van der Waals surface area contributed by atoms with Crippen molar-refractivity contribution in [3.8, 4) is 5.75 Å². The summed E-state index contributed by atoms with van der Waals surface area (Å²) in [5.41, 5.74) is 0.262. The van der Waals surface area contributed by atoms with Crippen molar-refractivity contribution >= 4 is 15.9 Å². The fourth-order valence-corrected chi connectivity index (χ4v) is 3.96. The number of carbonyl (C=O) groups is 1. The van der Waals surface area contributed by atoms with Gasteiger partial charge in [-0.3, -0.25) is 4.79 Å². The summed E-state index contributed by atoms with van der Waals surface area (Å²) in [5, 5.41) is 2.78. The van der Waals surface area contributed by atoms with Gasteiger partial charge in [0.15, 0.2) is 0 Å². The molecule has 24 heavy (non-hydrogen) atoms. The first-order chi connectivity index (χ1) is 11.3. The molecule has 1 aromatic rings. The summed E-state index contributed by atoms with van der Waals surface area (Å²) in [5.74, 6) is -0.145. The summed E-state index contributed by atoms with van der Waals surface area (Å²) in [6, 6.07) is 4.08. The lowest BCUT2D eigenvalue weighted by atomic mass is 10.2. The van der Waals surface area contributed by atoms with Crippen LogP contribution in [0.1, 0.15) is 37.0 Å². The molecular formula is C16H24N2O5S. The fourth-order valence-electron chi connectivity index (χ4n) is 2.52. The van der Waals surface area contributed by atoms with Gasteiger partial charge < -0.3 is 14.8 Å². The number of nitrogens with one attached hydrogen (secondary N) is 2. The van der Waals surface area contributed by atoms with Gasteiger partial charge in [-0.2, -0.15) is 0 Å². The summed E-state index contributed by atoms with van der Waals surface area (Å²) in [6.07, 6.45) is 1.94. The van der Waals surface area contributed by atoms with E-state index in [2.05, 4.69) is 10.0 Å². The molecule has 0 bridgehead atoms. The molecule has 0 aliphatic carbocycles. The van der Waals surface area contributed by atoms with E-state index in [1.165, 1.54) is 25.3 Å². The lowest BCUT2D eigenvalue weighted by Gasteiger charge is -2.15. The number of rotatable bonds is 7. The molecule has 1 aliphatic rings. The van der Waals surface area contributed by atoms with E-state index in [0.29, 0.717) is 13.2 Å². The number of carbonyl (C=O) groups excluding carboxylic acids is 1. The summed E-state index contributed by atoms with van der Waals surface area (Å²) < 4.78 is 37.9. The molecule has 0 saturated carbocycles. The lowest BCUT2D eigenvalue weighted by molar-refractivity contribution is 0.0857. The topological polar surface area (TPSA) is 93.7 Å². The van der Waals surface area contributed by atoms with Crippen LogP contribution in [0.5, 0.6) is 5.75 Å². The molecule has 7 nitrogen and oxygen atoms in total. The molecular weight excluding hydrogens is 332 g/mol. The average Bonchev–Trinajstić information content (AvgIpc) is 3.04. The standard InChI is InChI=1S/C16H24N2O5S/c1-11(2)18-24(20,21)15-9-12(6-7-14(15)22-3)16(19)17-10-13-5-4-8-23-13/h6-7,9,11,13,18H,4-5,8,10H2,1-3H3,(H,17,19)/t13-/m1/s1. The van der Waals surface area contributed by atoms with Crippen LogP contribution in [0.15, 0.2) is 23.1 Å². The maximum absolute atomic E-state index is 12.4. The molecule has 1 fully saturated rings. The summed E-state index contributed by atoms with van der Waals surface area (Å²) in [6.45, 7) is 4.58. The molecule has 2 N–H and O–H groups in total. The number of benzene rings is 1. The van der Waals surface area contributed by atoms with Crippen LogP contribution in [-0.2, 0) is 14.8 Å². The van der Waals surface area contributed by atoms with E-state index in [-0.39, 0.29) is 34.3 Å². The second-order valence-corrected chi connectivity index (χ2v) is 7.67. The Kier molecular flexibility index (Phi) is 6.20. The van der Waals surface area contributed by atoms with Gasteiger partial charge in [0.25, 0.3) is 5.91 Å². The molecule has 1 amide bonds. The molecule has 0 aromatic heterocycles. The van der Waals surface area contributed by atoms with Crippen LogP contribution < -0.4 is 14.8 Å². The highest BCUT2D eigenvalue weighted by Gasteiger charge is 2.23. The van der Waals surface area contributed by atoms with E-state index in [1.807, 2.05) is 0 Å². The number of amides is 1. The molecule has 2 rings (SSSR count). The predicted molar refractivity (Wildman–Crippen MR) is 89.8 cm³/mol. The van der Waals surface area contributed by atoms with Crippen LogP contribution >= 0.6 is 0 Å². The number of ether oxygens (including phenoxy) is 2. The van der Waals surface area contributed by atoms with Gasteiger partial charge in [-0.15, -0.1) is 0 Å². The van der Waals surface area contributed by atoms with Gasteiger partial charge in [0.1, 0.15) is 10.6 Å².